The number of aromatic nitrogens is 2. The zero-order chi connectivity index (χ0) is 13.8. The third kappa shape index (κ3) is 3.49. The molecule has 2 aromatic heterocycles. The van der Waals surface area contributed by atoms with Gasteiger partial charge < -0.3 is 10.6 Å². The summed E-state index contributed by atoms with van der Waals surface area (Å²) in [7, 11) is 1.91. The number of likely N-dealkylation sites (N-methyl/N-ethyl adjacent to an activating group) is 1. The van der Waals surface area contributed by atoms with Crippen LogP contribution in [0.3, 0.4) is 0 Å². The van der Waals surface area contributed by atoms with Crippen LogP contribution in [0.5, 0.6) is 0 Å². The van der Waals surface area contributed by atoms with Gasteiger partial charge in [0.2, 0.25) is 0 Å². The van der Waals surface area contributed by atoms with Gasteiger partial charge in [0.1, 0.15) is 11.6 Å². The molecule has 100 valence electrons. The molecule has 19 heavy (non-hydrogen) atoms. The summed E-state index contributed by atoms with van der Waals surface area (Å²) < 4.78 is 0. The third-order valence-corrected chi connectivity index (χ3v) is 3.31. The zero-order valence-corrected chi connectivity index (χ0v) is 12.0. The van der Waals surface area contributed by atoms with Crippen LogP contribution in [0.15, 0.2) is 30.5 Å². The van der Waals surface area contributed by atoms with Crippen LogP contribution in [0.4, 0.5) is 11.6 Å². The van der Waals surface area contributed by atoms with E-state index in [4.69, 9.17) is 28.9 Å². The summed E-state index contributed by atoms with van der Waals surface area (Å²) in [5, 5.41) is 0.856. The molecule has 0 spiro atoms. The predicted octanol–water partition coefficient (Wildman–Crippen LogP) is 3.04. The molecule has 0 aliphatic rings. The highest BCUT2D eigenvalue weighted by molar-refractivity contribution is 6.37. The smallest absolute Gasteiger partial charge is 0.149 e. The molecular formula is C13H14Cl2N4. The number of nitrogen functional groups attached to an aromatic ring is 1. The van der Waals surface area contributed by atoms with E-state index in [1.54, 1.807) is 12.3 Å². The van der Waals surface area contributed by atoms with Crippen molar-refractivity contribution < 1.29 is 0 Å². The fourth-order valence-electron chi connectivity index (χ4n) is 1.67. The Kier molecular flexibility index (Phi) is 4.45. The highest BCUT2D eigenvalue weighted by atomic mass is 35.5. The zero-order valence-electron chi connectivity index (χ0n) is 10.5. The molecule has 2 N–H and O–H groups in total. The minimum atomic E-state index is 0.283. The van der Waals surface area contributed by atoms with E-state index < -0.39 is 0 Å². The topological polar surface area (TPSA) is 55.0 Å². The first-order valence-corrected chi connectivity index (χ1v) is 6.56. The number of hydrogen-bond donors (Lipinski definition) is 1. The van der Waals surface area contributed by atoms with Gasteiger partial charge in [0.25, 0.3) is 0 Å². The van der Waals surface area contributed by atoms with Gasteiger partial charge in [-0.3, -0.25) is 4.98 Å². The molecule has 0 aliphatic heterocycles. The standard InChI is InChI=1S/C13H14Cl2N4/c1-19(7-5-9-4-2-3-6-17-9)13-11(15)8-10(14)12(16)18-13/h2-4,6,8H,5,7H2,1H3,(H2,16,18). The van der Waals surface area contributed by atoms with E-state index >= 15 is 0 Å². The summed E-state index contributed by atoms with van der Waals surface area (Å²) >= 11 is 12.0. The molecule has 0 aliphatic carbocycles. The Morgan fingerprint density at radius 1 is 1.26 bits per heavy atom. The van der Waals surface area contributed by atoms with Gasteiger partial charge in [-0.05, 0) is 18.2 Å². The van der Waals surface area contributed by atoms with Gasteiger partial charge in [0.15, 0.2) is 0 Å². The Hall–Kier alpha value is -1.52. The fraction of sp³-hybridized carbons (Fsp3) is 0.231. The fourth-order valence-corrected chi connectivity index (χ4v) is 2.18. The number of pyridine rings is 2. The lowest BCUT2D eigenvalue weighted by Gasteiger charge is -2.19. The summed E-state index contributed by atoms with van der Waals surface area (Å²) in [6, 6.07) is 7.45. The SMILES string of the molecule is CN(CCc1ccccn1)c1nc(N)c(Cl)cc1Cl. The molecule has 0 atom stereocenters. The maximum Gasteiger partial charge on any atom is 0.149 e. The van der Waals surface area contributed by atoms with Gasteiger partial charge in [-0.1, -0.05) is 29.3 Å². The molecule has 2 heterocycles. The maximum atomic E-state index is 6.12. The highest BCUT2D eigenvalue weighted by Crippen LogP contribution is 2.29. The Balaban J connectivity index is 2.08. The molecule has 6 heteroatoms. The van der Waals surface area contributed by atoms with Crippen molar-refractivity contribution in [3.8, 4) is 0 Å². The largest absolute Gasteiger partial charge is 0.382 e. The third-order valence-electron chi connectivity index (χ3n) is 2.73. The molecule has 2 aromatic rings. The Labute approximate surface area is 122 Å². The molecule has 0 saturated carbocycles. The van der Waals surface area contributed by atoms with E-state index in [1.807, 2.05) is 30.1 Å². The van der Waals surface area contributed by atoms with E-state index in [-0.39, 0.29) is 5.82 Å². The molecule has 2 rings (SSSR count). The second-order valence-electron chi connectivity index (χ2n) is 4.15. The summed E-state index contributed by atoms with van der Waals surface area (Å²) in [6.45, 7) is 0.741. The lowest BCUT2D eigenvalue weighted by Crippen LogP contribution is -2.22. The first kappa shape index (κ1) is 13.9. The van der Waals surface area contributed by atoms with Crippen molar-refractivity contribution in [3.63, 3.8) is 0 Å². The number of nitrogens with two attached hydrogens (primary N) is 1. The van der Waals surface area contributed by atoms with Gasteiger partial charge in [-0.15, -0.1) is 0 Å². The monoisotopic (exact) mass is 296 g/mol. The van der Waals surface area contributed by atoms with Crippen molar-refractivity contribution in [1.29, 1.82) is 0 Å². The van der Waals surface area contributed by atoms with Crippen LogP contribution < -0.4 is 10.6 Å². The highest BCUT2D eigenvalue weighted by Gasteiger charge is 2.11. The molecule has 0 amide bonds. The number of hydrogen-bond acceptors (Lipinski definition) is 4. The van der Waals surface area contributed by atoms with E-state index in [1.165, 1.54) is 0 Å². The van der Waals surface area contributed by atoms with Crippen molar-refractivity contribution in [2.75, 3.05) is 24.2 Å². The summed E-state index contributed by atoms with van der Waals surface area (Å²) in [5.41, 5.74) is 6.71. The molecule has 4 nitrogen and oxygen atoms in total. The molecule has 0 fully saturated rings. The van der Waals surface area contributed by atoms with E-state index in [2.05, 4.69) is 9.97 Å². The quantitative estimate of drug-likeness (QED) is 0.942. The number of rotatable bonds is 4. The lowest BCUT2D eigenvalue weighted by molar-refractivity contribution is 0.840. The van der Waals surface area contributed by atoms with Crippen LogP contribution in [0.2, 0.25) is 10.0 Å². The summed E-state index contributed by atoms with van der Waals surface area (Å²) in [4.78, 5) is 10.4. The minimum absolute atomic E-state index is 0.283. The van der Waals surface area contributed by atoms with Crippen LogP contribution in [0, 0.1) is 0 Å². The van der Waals surface area contributed by atoms with Crippen LogP contribution in [0.1, 0.15) is 5.69 Å². The normalized spacial score (nSPS) is 10.5. The number of anilines is 2. The van der Waals surface area contributed by atoms with Crippen molar-refractivity contribution >= 4 is 34.8 Å². The van der Waals surface area contributed by atoms with Crippen molar-refractivity contribution in [3.05, 3.63) is 46.2 Å². The maximum absolute atomic E-state index is 6.12. The molecular weight excluding hydrogens is 283 g/mol. The number of nitrogens with zero attached hydrogens (tertiary/aromatic N) is 3. The second-order valence-corrected chi connectivity index (χ2v) is 4.97. The predicted molar refractivity (Wildman–Crippen MR) is 79.9 cm³/mol. The van der Waals surface area contributed by atoms with Gasteiger partial charge in [0.05, 0.1) is 10.0 Å². The van der Waals surface area contributed by atoms with Crippen LogP contribution in [0.25, 0.3) is 0 Å². The molecule has 0 saturated heterocycles. The average molecular weight is 297 g/mol. The van der Waals surface area contributed by atoms with E-state index in [0.717, 1.165) is 18.7 Å². The first-order valence-electron chi connectivity index (χ1n) is 5.80. The second kappa shape index (κ2) is 6.08. The van der Waals surface area contributed by atoms with E-state index in [0.29, 0.717) is 15.9 Å². The van der Waals surface area contributed by atoms with Crippen molar-refractivity contribution in [2.45, 2.75) is 6.42 Å². The van der Waals surface area contributed by atoms with Crippen LogP contribution in [-0.2, 0) is 6.42 Å². The minimum Gasteiger partial charge on any atom is -0.382 e. The van der Waals surface area contributed by atoms with Crippen molar-refractivity contribution in [2.24, 2.45) is 0 Å². The first-order chi connectivity index (χ1) is 9.08. The Bertz CT molecular complexity index is 560. The van der Waals surface area contributed by atoms with Crippen LogP contribution >= 0.6 is 23.2 Å². The lowest BCUT2D eigenvalue weighted by atomic mass is 10.2. The summed E-state index contributed by atoms with van der Waals surface area (Å²) in [5.74, 6) is 0.908. The van der Waals surface area contributed by atoms with Gasteiger partial charge in [0, 0.05) is 31.9 Å². The van der Waals surface area contributed by atoms with Gasteiger partial charge in [-0.25, -0.2) is 4.98 Å². The number of halogens is 2. The van der Waals surface area contributed by atoms with Gasteiger partial charge in [-0.2, -0.15) is 0 Å². The van der Waals surface area contributed by atoms with Crippen LogP contribution in [-0.4, -0.2) is 23.6 Å². The van der Waals surface area contributed by atoms with Gasteiger partial charge >= 0.3 is 0 Å². The molecule has 0 radical (unpaired) electrons. The molecule has 0 bridgehead atoms. The van der Waals surface area contributed by atoms with E-state index in [9.17, 15) is 0 Å². The molecule has 0 unspecified atom stereocenters. The Morgan fingerprint density at radius 3 is 2.74 bits per heavy atom. The summed E-state index contributed by atoms with van der Waals surface area (Å²) in [6.07, 6.45) is 2.58. The average Bonchev–Trinajstić information content (AvgIpc) is 2.41. The van der Waals surface area contributed by atoms with Crippen molar-refractivity contribution in [1.82, 2.24) is 9.97 Å². The Morgan fingerprint density at radius 2 is 2.05 bits per heavy atom. The molecule has 0 aromatic carbocycles.